The van der Waals surface area contributed by atoms with E-state index in [0.29, 0.717) is 25.8 Å². The molecule has 0 bridgehead atoms. The van der Waals surface area contributed by atoms with E-state index in [-0.39, 0.29) is 17.6 Å². The highest BCUT2D eigenvalue weighted by Gasteiger charge is 2.25. The van der Waals surface area contributed by atoms with Crippen molar-refractivity contribution in [3.05, 3.63) is 95.1 Å². The van der Waals surface area contributed by atoms with Gasteiger partial charge in [-0.2, -0.15) is 0 Å². The molecule has 1 aromatic heterocycles. The topological polar surface area (TPSA) is 42.4 Å². The number of benzene rings is 2. The number of para-hydroxylation sites is 1. The SMILES string of the molecule is COc1ccccc1CCC(=O)N1CCCC(c2ccc(Cc3cccc(F)c3)cn2)C1. The van der Waals surface area contributed by atoms with E-state index >= 15 is 0 Å². The number of methoxy groups -OCH3 is 1. The molecule has 1 unspecified atom stereocenters. The number of aromatic nitrogens is 1. The summed E-state index contributed by atoms with van der Waals surface area (Å²) in [5, 5.41) is 0. The summed E-state index contributed by atoms with van der Waals surface area (Å²) in [7, 11) is 1.66. The number of rotatable bonds is 7. The van der Waals surface area contributed by atoms with E-state index in [1.165, 1.54) is 6.07 Å². The van der Waals surface area contributed by atoms with Crippen molar-refractivity contribution >= 4 is 5.91 Å². The summed E-state index contributed by atoms with van der Waals surface area (Å²) in [6, 6.07) is 18.7. The fourth-order valence-electron chi connectivity index (χ4n) is 4.42. The smallest absolute Gasteiger partial charge is 0.222 e. The molecule has 1 fully saturated rings. The molecule has 1 aliphatic rings. The number of halogens is 1. The maximum absolute atomic E-state index is 13.4. The molecule has 5 heteroatoms. The van der Waals surface area contributed by atoms with Crippen molar-refractivity contribution in [3.63, 3.8) is 0 Å². The van der Waals surface area contributed by atoms with Gasteiger partial charge in [-0.3, -0.25) is 9.78 Å². The number of nitrogens with zero attached hydrogens (tertiary/aromatic N) is 2. The molecule has 1 saturated heterocycles. The standard InChI is InChI=1S/C27H29FN2O2/c1-32-26-10-3-2-7-22(26)12-14-27(31)30-15-5-8-23(19-30)25-13-11-21(18-29-25)16-20-6-4-9-24(28)17-20/h2-4,6-7,9-11,13,17-18,23H,5,8,12,14-16,19H2,1H3. The van der Waals surface area contributed by atoms with E-state index in [4.69, 9.17) is 4.74 Å². The zero-order valence-electron chi connectivity index (χ0n) is 18.5. The van der Waals surface area contributed by atoms with Crippen LogP contribution in [0.25, 0.3) is 0 Å². The van der Waals surface area contributed by atoms with Gasteiger partial charge in [0.1, 0.15) is 11.6 Å². The van der Waals surface area contributed by atoms with Crippen LogP contribution < -0.4 is 4.74 Å². The Hall–Kier alpha value is -3.21. The van der Waals surface area contributed by atoms with Gasteiger partial charge >= 0.3 is 0 Å². The summed E-state index contributed by atoms with van der Waals surface area (Å²) in [5.74, 6) is 1.05. The minimum atomic E-state index is -0.218. The van der Waals surface area contributed by atoms with E-state index < -0.39 is 0 Å². The van der Waals surface area contributed by atoms with Crippen LogP contribution >= 0.6 is 0 Å². The highest BCUT2D eigenvalue weighted by molar-refractivity contribution is 5.76. The third-order valence-electron chi connectivity index (χ3n) is 6.14. The second kappa shape index (κ2) is 10.4. The summed E-state index contributed by atoms with van der Waals surface area (Å²) in [5.41, 5.74) is 4.08. The summed E-state index contributed by atoms with van der Waals surface area (Å²) in [4.78, 5) is 19.5. The van der Waals surface area contributed by atoms with Crippen LogP contribution in [0, 0.1) is 5.82 Å². The van der Waals surface area contributed by atoms with E-state index in [9.17, 15) is 9.18 Å². The molecular formula is C27H29FN2O2. The number of hydrogen-bond donors (Lipinski definition) is 0. The number of carbonyl (C=O) groups is 1. The lowest BCUT2D eigenvalue weighted by Gasteiger charge is -2.32. The Balaban J connectivity index is 1.34. The van der Waals surface area contributed by atoms with Crippen LogP contribution in [0.4, 0.5) is 4.39 Å². The van der Waals surface area contributed by atoms with Gasteiger partial charge in [0.2, 0.25) is 5.91 Å². The lowest BCUT2D eigenvalue weighted by atomic mass is 9.93. The van der Waals surface area contributed by atoms with Gasteiger partial charge < -0.3 is 9.64 Å². The van der Waals surface area contributed by atoms with Gasteiger partial charge in [-0.05, 0) is 66.6 Å². The summed E-state index contributed by atoms with van der Waals surface area (Å²) < 4.78 is 18.8. The molecule has 0 radical (unpaired) electrons. The average Bonchev–Trinajstić information content (AvgIpc) is 2.83. The second-order valence-electron chi connectivity index (χ2n) is 8.39. The van der Waals surface area contributed by atoms with Gasteiger partial charge in [-0.1, -0.05) is 36.4 Å². The zero-order chi connectivity index (χ0) is 22.3. The van der Waals surface area contributed by atoms with Gasteiger partial charge in [-0.25, -0.2) is 4.39 Å². The molecule has 1 amide bonds. The molecule has 4 nitrogen and oxygen atoms in total. The van der Waals surface area contributed by atoms with Gasteiger partial charge in [-0.15, -0.1) is 0 Å². The number of aryl methyl sites for hydroxylation is 1. The molecule has 166 valence electrons. The molecule has 0 spiro atoms. The molecule has 0 saturated carbocycles. The normalized spacial score (nSPS) is 16.1. The van der Waals surface area contributed by atoms with Crippen LogP contribution in [-0.4, -0.2) is 36.0 Å². The maximum Gasteiger partial charge on any atom is 0.222 e. The quantitative estimate of drug-likeness (QED) is 0.518. The molecule has 1 aliphatic heterocycles. The zero-order valence-corrected chi connectivity index (χ0v) is 18.5. The minimum absolute atomic E-state index is 0.184. The highest BCUT2D eigenvalue weighted by atomic mass is 19.1. The van der Waals surface area contributed by atoms with Crippen LogP contribution in [-0.2, 0) is 17.6 Å². The first-order valence-electron chi connectivity index (χ1n) is 11.2. The Labute approximate surface area is 189 Å². The Morgan fingerprint density at radius 3 is 2.78 bits per heavy atom. The van der Waals surface area contributed by atoms with Crippen LogP contribution in [0.1, 0.15) is 47.6 Å². The number of likely N-dealkylation sites (tertiary alicyclic amines) is 1. The number of amides is 1. The van der Waals surface area contributed by atoms with Crippen molar-refractivity contribution < 1.29 is 13.9 Å². The molecule has 0 aliphatic carbocycles. The first-order valence-corrected chi connectivity index (χ1v) is 11.2. The molecule has 1 atom stereocenters. The molecule has 32 heavy (non-hydrogen) atoms. The first kappa shape index (κ1) is 22.0. The van der Waals surface area contributed by atoms with Crippen molar-refractivity contribution in [2.24, 2.45) is 0 Å². The highest BCUT2D eigenvalue weighted by Crippen LogP contribution is 2.27. The third-order valence-corrected chi connectivity index (χ3v) is 6.14. The summed E-state index contributed by atoms with van der Waals surface area (Å²) >= 11 is 0. The summed E-state index contributed by atoms with van der Waals surface area (Å²) in [6.07, 6.45) is 5.71. The third kappa shape index (κ3) is 5.52. The van der Waals surface area contributed by atoms with Crippen LogP contribution in [0.15, 0.2) is 66.9 Å². The number of piperidine rings is 1. The van der Waals surface area contributed by atoms with Gasteiger partial charge in [0.25, 0.3) is 0 Å². The number of pyridine rings is 1. The first-order chi connectivity index (χ1) is 15.6. The molecule has 2 aromatic carbocycles. The van der Waals surface area contributed by atoms with Crippen molar-refractivity contribution in [1.82, 2.24) is 9.88 Å². The lowest BCUT2D eigenvalue weighted by molar-refractivity contribution is -0.132. The summed E-state index contributed by atoms with van der Waals surface area (Å²) in [6.45, 7) is 1.51. The van der Waals surface area contributed by atoms with Crippen LogP contribution in [0.2, 0.25) is 0 Å². The number of ether oxygens (including phenoxy) is 1. The van der Waals surface area contributed by atoms with Crippen molar-refractivity contribution in [2.45, 2.75) is 38.0 Å². The van der Waals surface area contributed by atoms with E-state index in [1.54, 1.807) is 19.2 Å². The van der Waals surface area contributed by atoms with Crippen LogP contribution in [0.3, 0.4) is 0 Å². The fourth-order valence-corrected chi connectivity index (χ4v) is 4.42. The monoisotopic (exact) mass is 432 g/mol. The van der Waals surface area contributed by atoms with Gasteiger partial charge in [0.15, 0.2) is 0 Å². The van der Waals surface area contributed by atoms with Crippen LogP contribution in [0.5, 0.6) is 5.75 Å². The van der Waals surface area contributed by atoms with E-state index in [1.807, 2.05) is 41.4 Å². The molecule has 3 aromatic rings. The Bertz CT molecular complexity index is 1050. The number of hydrogen-bond acceptors (Lipinski definition) is 3. The van der Waals surface area contributed by atoms with Crippen molar-refractivity contribution in [3.8, 4) is 5.75 Å². The van der Waals surface area contributed by atoms with E-state index in [0.717, 1.165) is 47.5 Å². The van der Waals surface area contributed by atoms with Gasteiger partial charge in [0, 0.05) is 37.3 Å². The Morgan fingerprint density at radius 2 is 2.00 bits per heavy atom. The number of carbonyl (C=O) groups excluding carboxylic acids is 1. The molecule has 2 heterocycles. The maximum atomic E-state index is 13.4. The fraction of sp³-hybridized carbons (Fsp3) is 0.333. The van der Waals surface area contributed by atoms with E-state index in [2.05, 4.69) is 17.1 Å². The van der Waals surface area contributed by atoms with Crippen molar-refractivity contribution in [1.29, 1.82) is 0 Å². The average molecular weight is 433 g/mol. The Kier molecular flexibility index (Phi) is 7.15. The molecule has 0 N–H and O–H groups in total. The van der Waals surface area contributed by atoms with Crippen molar-refractivity contribution in [2.75, 3.05) is 20.2 Å². The van der Waals surface area contributed by atoms with Gasteiger partial charge in [0.05, 0.1) is 7.11 Å². The molecular weight excluding hydrogens is 403 g/mol. The lowest BCUT2D eigenvalue weighted by Crippen LogP contribution is -2.39. The second-order valence-corrected chi connectivity index (χ2v) is 8.39. The Morgan fingerprint density at radius 1 is 1.12 bits per heavy atom. The molecule has 4 rings (SSSR count). The largest absolute Gasteiger partial charge is 0.496 e. The predicted octanol–water partition coefficient (Wildman–Crippen LogP) is 5.16. The minimum Gasteiger partial charge on any atom is -0.496 e. The predicted molar refractivity (Wildman–Crippen MR) is 123 cm³/mol.